The number of amides is 1. The highest BCUT2D eigenvalue weighted by Crippen LogP contribution is 2.63. The summed E-state index contributed by atoms with van der Waals surface area (Å²) in [4.78, 5) is 27.5. The van der Waals surface area contributed by atoms with Crippen LogP contribution in [0.3, 0.4) is 0 Å². The molecule has 1 amide bonds. The maximum absolute atomic E-state index is 13.4. The number of hydrogen-bond donors (Lipinski definition) is 0. The number of carbonyl (C=O) groups excluding carboxylic acids is 2. The van der Waals surface area contributed by atoms with Crippen LogP contribution in [0.4, 0.5) is 4.79 Å². The molecule has 3 aliphatic rings. The molecule has 2 aliphatic heterocycles. The number of nitrogens with zero attached hydrogens (tertiary/aromatic N) is 3. The molecule has 1 aliphatic carbocycles. The summed E-state index contributed by atoms with van der Waals surface area (Å²) >= 11 is 0. The van der Waals surface area contributed by atoms with Crippen molar-refractivity contribution >= 4 is 11.9 Å². The molecule has 3 heterocycles. The van der Waals surface area contributed by atoms with Crippen molar-refractivity contribution in [2.45, 2.75) is 84.0 Å². The van der Waals surface area contributed by atoms with Gasteiger partial charge in [0.15, 0.2) is 17.2 Å². The monoisotopic (exact) mass is 389 g/mol. The lowest BCUT2D eigenvalue weighted by molar-refractivity contribution is -0.0574. The van der Waals surface area contributed by atoms with Gasteiger partial charge in [0.05, 0.1) is 17.2 Å². The normalized spacial score (nSPS) is 22.8. The van der Waals surface area contributed by atoms with E-state index < -0.39 is 16.6 Å². The van der Waals surface area contributed by atoms with Crippen LogP contribution in [0.1, 0.15) is 77.7 Å². The molecule has 2 spiro atoms. The maximum atomic E-state index is 13.4. The molecule has 154 valence electrons. The number of ether oxygens (including phenoxy) is 2. The lowest BCUT2D eigenvalue weighted by atomic mass is 9.72. The van der Waals surface area contributed by atoms with Crippen LogP contribution in [0.5, 0.6) is 5.75 Å². The molecule has 0 aromatic carbocycles. The fourth-order valence-corrected chi connectivity index (χ4v) is 4.44. The smallest absolute Gasteiger partial charge is 0.410 e. The second kappa shape index (κ2) is 5.74. The number of carbonyl (C=O) groups is 2. The van der Waals surface area contributed by atoms with E-state index in [1.54, 1.807) is 4.90 Å². The predicted octanol–water partition coefficient (Wildman–Crippen LogP) is 3.76. The third-order valence-corrected chi connectivity index (χ3v) is 6.17. The molecule has 0 N–H and O–H groups in total. The average molecular weight is 389 g/mol. The molecule has 4 rings (SSSR count). The van der Waals surface area contributed by atoms with Crippen molar-refractivity contribution in [3.63, 3.8) is 0 Å². The summed E-state index contributed by atoms with van der Waals surface area (Å²) in [6.45, 7) is 12.8. The minimum Gasteiger partial charge on any atom is -0.482 e. The van der Waals surface area contributed by atoms with Gasteiger partial charge in [-0.3, -0.25) is 9.48 Å². The van der Waals surface area contributed by atoms with Crippen molar-refractivity contribution in [2.75, 3.05) is 13.1 Å². The number of Topliss-reactive ketones (excluding diaryl/α,β-unsaturated/α-hetero) is 1. The Morgan fingerprint density at radius 1 is 1.11 bits per heavy atom. The molecule has 7 nitrogen and oxygen atoms in total. The van der Waals surface area contributed by atoms with E-state index >= 15 is 0 Å². The Labute approximate surface area is 166 Å². The molecule has 28 heavy (non-hydrogen) atoms. The van der Waals surface area contributed by atoms with E-state index in [4.69, 9.17) is 9.47 Å². The van der Waals surface area contributed by atoms with Crippen LogP contribution < -0.4 is 4.74 Å². The second-order valence-corrected chi connectivity index (χ2v) is 10.4. The molecule has 1 saturated carbocycles. The zero-order valence-corrected chi connectivity index (χ0v) is 17.8. The molecule has 0 bridgehead atoms. The van der Waals surface area contributed by atoms with Crippen molar-refractivity contribution in [3.8, 4) is 5.75 Å². The molecular weight excluding hydrogens is 358 g/mol. The van der Waals surface area contributed by atoms with Gasteiger partial charge in [0.25, 0.3) is 0 Å². The quantitative estimate of drug-likeness (QED) is 0.675. The summed E-state index contributed by atoms with van der Waals surface area (Å²) in [5.74, 6) is 0.700. The van der Waals surface area contributed by atoms with Crippen molar-refractivity contribution in [1.29, 1.82) is 0 Å². The van der Waals surface area contributed by atoms with Gasteiger partial charge in [0.1, 0.15) is 11.2 Å². The highest BCUT2D eigenvalue weighted by atomic mass is 16.6. The lowest BCUT2D eigenvalue weighted by Gasteiger charge is -2.48. The van der Waals surface area contributed by atoms with Crippen LogP contribution in [0.2, 0.25) is 0 Å². The van der Waals surface area contributed by atoms with E-state index in [9.17, 15) is 9.59 Å². The van der Waals surface area contributed by atoms with Gasteiger partial charge in [0, 0.05) is 25.9 Å². The minimum absolute atomic E-state index is 0.113. The third kappa shape index (κ3) is 2.90. The van der Waals surface area contributed by atoms with Crippen molar-refractivity contribution in [3.05, 3.63) is 11.9 Å². The maximum Gasteiger partial charge on any atom is 0.410 e. The number of rotatable bonds is 0. The molecule has 1 aromatic rings. The summed E-state index contributed by atoms with van der Waals surface area (Å²) in [6, 6.07) is 0. The van der Waals surface area contributed by atoms with Crippen LogP contribution >= 0.6 is 0 Å². The molecule has 2 fully saturated rings. The van der Waals surface area contributed by atoms with E-state index in [1.807, 2.05) is 31.6 Å². The van der Waals surface area contributed by atoms with Crippen molar-refractivity contribution in [1.82, 2.24) is 14.7 Å². The van der Waals surface area contributed by atoms with Gasteiger partial charge >= 0.3 is 6.09 Å². The van der Waals surface area contributed by atoms with Gasteiger partial charge in [-0.05, 0) is 54.4 Å². The van der Waals surface area contributed by atoms with Crippen LogP contribution in [0, 0.1) is 5.41 Å². The van der Waals surface area contributed by atoms with Crippen LogP contribution in [-0.4, -0.2) is 50.8 Å². The number of hydrogen-bond acceptors (Lipinski definition) is 5. The Hall–Kier alpha value is -2.05. The van der Waals surface area contributed by atoms with E-state index in [2.05, 4.69) is 25.9 Å². The van der Waals surface area contributed by atoms with E-state index in [1.165, 1.54) is 0 Å². The first-order chi connectivity index (χ1) is 12.9. The van der Waals surface area contributed by atoms with Crippen molar-refractivity contribution in [2.24, 2.45) is 5.41 Å². The second-order valence-electron chi connectivity index (χ2n) is 10.4. The fraction of sp³-hybridized carbons (Fsp3) is 0.762. The molecule has 0 radical (unpaired) electrons. The SMILES string of the molecule is CC(C)(C)OC(=O)N1CCC2(CC1)Oc1cn(C(C)(C)C)nc1C(=O)C21CC1. The molecule has 1 aromatic heterocycles. The first kappa shape index (κ1) is 19.3. The van der Waals surface area contributed by atoms with E-state index in [0.717, 1.165) is 12.8 Å². The fourth-order valence-electron chi connectivity index (χ4n) is 4.44. The topological polar surface area (TPSA) is 73.7 Å². The highest BCUT2D eigenvalue weighted by molar-refractivity contribution is 6.05. The number of piperidine rings is 1. The zero-order chi connectivity index (χ0) is 20.5. The van der Waals surface area contributed by atoms with Gasteiger partial charge in [-0.1, -0.05) is 0 Å². The third-order valence-electron chi connectivity index (χ3n) is 6.17. The van der Waals surface area contributed by atoms with Crippen LogP contribution in [-0.2, 0) is 10.3 Å². The first-order valence-electron chi connectivity index (χ1n) is 10.2. The number of likely N-dealkylation sites (tertiary alicyclic amines) is 1. The van der Waals surface area contributed by atoms with Gasteiger partial charge < -0.3 is 14.4 Å². The minimum atomic E-state index is -0.540. The highest BCUT2D eigenvalue weighted by Gasteiger charge is 2.69. The summed E-state index contributed by atoms with van der Waals surface area (Å²) in [5, 5.41) is 4.56. The Morgan fingerprint density at radius 3 is 2.21 bits per heavy atom. The Morgan fingerprint density at radius 2 is 1.71 bits per heavy atom. The van der Waals surface area contributed by atoms with Gasteiger partial charge in [0.2, 0.25) is 0 Å². The molecule has 0 atom stereocenters. The molecule has 0 unspecified atom stereocenters. The summed E-state index contributed by atoms with van der Waals surface area (Å²) < 4.78 is 13.9. The first-order valence-corrected chi connectivity index (χ1v) is 10.2. The average Bonchev–Trinajstić information content (AvgIpc) is 3.26. The van der Waals surface area contributed by atoms with Crippen LogP contribution in [0.25, 0.3) is 0 Å². The van der Waals surface area contributed by atoms with E-state index in [-0.39, 0.29) is 17.4 Å². The molecule has 1 saturated heterocycles. The molecular formula is C21H31N3O4. The number of aromatic nitrogens is 2. The summed E-state index contributed by atoms with van der Waals surface area (Å²) in [5.41, 5.74) is -1.28. The summed E-state index contributed by atoms with van der Waals surface area (Å²) in [7, 11) is 0. The lowest BCUT2D eigenvalue weighted by Crippen LogP contribution is -2.59. The molecule has 7 heteroatoms. The predicted molar refractivity (Wildman–Crippen MR) is 104 cm³/mol. The Kier molecular flexibility index (Phi) is 3.95. The Bertz CT molecular complexity index is 816. The van der Waals surface area contributed by atoms with Gasteiger partial charge in [-0.25, -0.2) is 4.79 Å². The zero-order valence-electron chi connectivity index (χ0n) is 17.8. The Balaban J connectivity index is 1.57. The van der Waals surface area contributed by atoms with E-state index in [0.29, 0.717) is 37.4 Å². The van der Waals surface area contributed by atoms with Crippen LogP contribution in [0.15, 0.2) is 6.20 Å². The standard InChI is InChI=1S/C21H31N3O4/c1-18(2,3)24-13-14-15(22-24)16(25)20(7-8-20)21(27-14)9-11-23(12-10-21)17(26)28-19(4,5)6/h13H,7-12H2,1-6H3. The summed E-state index contributed by atoms with van der Waals surface area (Å²) in [6.07, 6.45) is 4.50. The van der Waals surface area contributed by atoms with Gasteiger partial charge in [-0.15, -0.1) is 0 Å². The van der Waals surface area contributed by atoms with Crippen molar-refractivity contribution < 1.29 is 19.1 Å². The van der Waals surface area contributed by atoms with Gasteiger partial charge in [-0.2, -0.15) is 5.10 Å². The largest absolute Gasteiger partial charge is 0.482 e. The number of ketones is 1. The number of fused-ring (bicyclic) bond motifs is 2.